The van der Waals surface area contributed by atoms with E-state index in [1.165, 1.54) is 5.56 Å². The number of Topliss-reactive ketones (excluding diaryl/α,β-unsaturated/α-hetero) is 1. The number of hydrogen-bond acceptors (Lipinski definition) is 4. The Bertz CT molecular complexity index is 1240. The van der Waals surface area contributed by atoms with Gasteiger partial charge in [-0.05, 0) is 55.5 Å². The smallest absolute Gasteiger partial charge is 0.228 e. The van der Waals surface area contributed by atoms with Crippen LogP contribution in [0.25, 0.3) is 0 Å². The third-order valence-corrected chi connectivity index (χ3v) is 7.11. The number of aryl methyl sites for hydroxylation is 1. The number of fused-ring (bicyclic) bond motifs is 1. The average Bonchev–Trinajstić information content (AvgIpc) is 3.34. The van der Waals surface area contributed by atoms with E-state index in [2.05, 4.69) is 43.4 Å². The van der Waals surface area contributed by atoms with Crippen molar-refractivity contribution in [2.24, 2.45) is 0 Å². The normalized spacial score (nSPS) is 19.6. The molecular weight excluding hydrogens is 436 g/mol. The van der Waals surface area contributed by atoms with Crippen LogP contribution in [-0.4, -0.2) is 11.7 Å². The molecule has 1 aliphatic heterocycles. The molecule has 0 spiro atoms. The number of amides is 1. The summed E-state index contributed by atoms with van der Waals surface area (Å²) in [5.74, 6) is 0.772. The lowest BCUT2D eigenvalue weighted by Gasteiger charge is -2.33. The van der Waals surface area contributed by atoms with E-state index >= 15 is 0 Å². The van der Waals surface area contributed by atoms with E-state index in [0.717, 1.165) is 41.9 Å². The van der Waals surface area contributed by atoms with Gasteiger partial charge in [0.25, 0.3) is 0 Å². The minimum atomic E-state index is -0.586. The molecule has 2 atom stereocenters. The van der Waals surface area contributed by atoms with Crippen molar-refractivity contribution in [1.82, 2.24) is 0 Å². The Balaban J connectivity index is 1.62. The van der Waals surface area contributed by atoms with Crippen LogP contribution in [0.3, 0.4) is 0 Å². The van der Waals surface area contributed by atoms with E-state index < -0.39 is 6.04 Å². The molecule has 0 bridgehead atoms. The Hall–Kier alpha value is -3.60. The summed E-state index contributed by atoms with van der Waals surface area (Å²) < 4.78 is 5.86. The molecule has 1 amide bonds. The van der Waals surface area contributed by atoms with Crippen molar-refractivity contribution in [3.63, 3.8) is 0 Å². The molecule has 0 unspecified atom stereocenters. The molecule has 2 aromatic carbocycles. The van der Waals surface area contributed by atoms with Crippen LogP contribution in [0, 0.1) is 6.92 Å². The Morgan fingerprint density at radius 3 is 2.57 bits per heavy atom. The molecule has 0 radical (unpaired) electrons. The van der Waals surface area contributed by atoms with Crippen molar-refractivity contribution in [2.75, 3.05) is 10.2 Å². The Morgan fingerprint density at radius 1 is 1.03 bits per heavy atom. The van der Waals surface area contributed by atoms with Gasteiger partial charge < -0.3 is 9.73 Å². The SMILES string of the molecule is CCCCCC(=O)N1c2ccccc2NC2=C(C(=O)C[C@H](c3ccc(C)cc3)C2)[C@H]1c1ccco1. The van der Waals surface area contributed by atoms with Crippen molar-refractivity contribution in [3.8, 4) is 0 Å². The molecule has 1 N–H and O–H groups in total. The number of hydrogen-bond donors (Lipinski definition) is 1. The zero-order chi connectivity index (χ0) is 24.4. The summed E-state index contributed by atoms with van der Waals surface area (Å²) in [4.78, 5) is 29.4. The first-order valence-electron chi connectivity index (χ1n) is 12.6. The van der Waals surface area contributed by atoms with Crippen LogP contribution < -0.4 is 10.2 Å². The highest BCUT2D eigenvalue weighted by Gasteiger charge is 2.42. The number of furan rings is 1. The molecule has 2 aliphatic rings. The lowest BCUT2D eigenvalue weighted by Crippen LogP contribution is -2.38. The fourth-order valence-corrected chi connectivity index (χ4v) is 5.30. The summed E-state index contributed by atoms with van der Waals surface area (Å²) in [5.41, 5.74) is 5.51. The zero-order valence-electron chi connectivity index (χ0n) is 20.4. The largest absolute Gasteiger partial charge is 0.467 e. The van der Waals surface area contributed by atoms with Crippen LogP contribution in [0.4, 0.5) is 11.4 Å². The van der Waals surface area contributed by atoms with Gasteiger partial charge in [-0.15, -0.1) is 0 Å². The molecule has 0 fully saturated rings. The average molecular weight is 469 g/mol. The Labute approximate surface area is 206 Å². The van der Waals surface area contributed by atoms with E-state index in [9.17, 15) is 9.59 Å². The predicted octanol–water partition coefficient (Wildman–Crippen LogP) is 7.07. The number of ketones is 1. The second-order valence-corrected chi connectivity index (χ2v) is 9.61. The fraction of sp³-hybridized carbons (Fsp3) is 0.333. The van der Waals surface area contributed by atoms with Gasteiger partial charge in [0.1, 0.15) is 11.8 Å². The second-order valence-electron chi connectivity index (χ2n) is 9.61. The van der Waals surface area contributed by atoms with Crippen LogP contribution >= 0.6 is 0 Å². The van der Waals surface area contributed by atoms with Gasteiger partial charge in [-0.1, -0.05) is 61.7 Å². The third kappa shape index (κ3) is 4.55. The van der Waals surface area contributed by atoms with Crippen molar-refractivity contribution < 1.29 is 14.0 Å². The maximum Gasteiger partial charge on any atom is 0.228 e. The number of rotatable bonds is 6. The maximum atomic E-state index is 13.8. The highest BCUT2D eigenvalue weighted by molar-refractivity contribution is 6.06. The standard InChI is InChI=1S/C30H32N2O3/c1-3-4-5-12-28(34)32-25-10-7-6-9-23(25)31-24-18-22(21-15-13-20(2)14-16-21)19-26(33)29(24)30(32)27-11-8-17-35-27/h6-11,13-17,22,30-31H,3-5,12,18-19H2,1-2H3/t22-,30-/m1/s1. The van der Waals surface area contributed by atoms with Gasteiger partial charge in [0.15, 0.2) is 5.78 Å². The minimum Gasteiger partial charge on any atom is -0.467 e. The first-order chi connectivity index (χ1) is 17.1. The van der Waals surface area contributed by atoms with Crippen molar-refractivity contribution in [1.29, 1.82) is 0 Å². The number of para-hydroxylation sites is 2. The summed E-state index contributed by atoms with van der Waals surface area (Å²) in [6.45, 7) is 4.20. The van der Waals surface area contributed by atoms with Crippen molar-refractivity contribution >= 4 is 23.1 Å². The molecule has 5 rings (SSSR count). The zero-order valence-corrected chi connectivity index (χ0v) is 20.4. The van der Waals surface area contributed by atoms with E-state index in [-0.39, 0.29) is 17.6 Å². The number of anilines is 2. The van der Waals surface area contributed by atoms with Crippen LogP contribution in [0.5, 0.6) is 0 Å². The lowest BCUT2D eigenvalue weighted by molar-refractivity contribution is -0.119. The molecule has 180 valence electrons. The van der Waals surface area contributed by atoms with Crippen LogP contribution in [-0.2, 0) is 9.59 Å². The summed E-state index contributed by atoms with van der Waals surface area (Å²) in [5, 5.41) is 3.57. The van der Waals surface area contributed by atoms with Crippen molar-refractivity contribution in [2.45, 2.75) is 64.3 Å². The van der Waals surface area contributed by atoms with E-state index in [1.54, 1.807) is 11.2 Å². The monoisotopic (exact) mass is 468 g/mol. The quantitative estimate of drug-likeness (QED) is 0.393. The van der Waals surface area contributed by atoms with Gasteiger partial charge in [0, 0.05) is 24.1 Å². The van der Waals surface area contributed by atoms with Crippen LogP contribution in [0.2, 0.25) is 0 Å². The first kappa shape index (κ1) is 23.2. The summed E-state index contributed by atoms with van der Waals surface area (Å²) in [6.07, 6.45) is 6.02. The number of allylic oxidation sites excluding steroid dienone is 1. The van der Waals surface area contributed by atoms with Crippen molar-refractivity contribution in [3.05, 3.63) is 95.1 Å². The molecule has 0 saturated carbocycles. The van der Waals surface area contributed by atoms with E-state index in [0.29, 0.717) is 30.6 Å². The molecular formula is C30H32N2O3. The minimum absolute atomic E-state index is 0.0105. The highest BCUT2D eigenvalue weighted by Crippen LogP contribution is 2.47. The molecule has 5 heteroatoms. The first-order valence-corrected chi connectivity index (χ1v) is 12.6. The van der Waals surface area contributed by atoms with Gasteiger partial charge in [-0.2, -0.15) is 0 Å². The predicted molar refractivity (Wildman–Crippen MR) is 138 cm³/mol. The van der Waals surface area contributed by atoms with Gasteiger partial charge in [-0.25, -0.2) is 0 Å². The van der Waals surface area contributed by atoms with Crippen LogP contribution in [0.1, 0.15) is 74.3 Å². The summed E-state index contributed by atoms with van der Waals surface area (Å²) >= 11 is 0. The number of benzene rings is 2. The molecule has 5 nitrogen and oxygen atoms in total. The fourth-order valence-electron chi connectivity index (χ4n) is 5.30. The molecule has 1 aliphatic carbocycles. The third-order valence-electron chi connectivity index (χ3n) is 7.11. The molecule has 0 saturated heterocycles. The van der Waals surface area contributed by atoms with Gasteiger partial charge in [-0.3, -0.25) is 14.5 Å². The Morgan fingerprint density at radius 2 is 1.83 bits per heavy atom. The maximum absolute atomic E-state index is 13.8. The van der Waals surface area contributed by atoms with Gasteiger partial charge in [0.05, 0.1) is 17.6 Å². The molecule has 1 aromatic heterocycles. The molecule has 3 aromatic rings. The van der Waals surface area contributed by atoms with Crippen LogP contribution in [0.15, 0.2) is 82.6 Å². The topological polar surface area (TPSA) is 62.6 Å². The highest BCUT2D eigenvalue weighted by atomic mass is 16.3. The molecule has 2 heterocycles. The number of nitrogens with one attached hydrogen (secondary N) is 1. The summed E-state index contributed by atoms with van der Waals surface area (Å²) in [7, 11) is 0. The van der Waals surface area contributed by atoms with E-state index in [1.807, 2.05) is 36.4 Å². The number of carbonyl (C=O) groups excluding carboxylic acids is 2. The van der Waals surface area contributed by atoms with E-state index in [4.69, 9.17) is 4.42 Å². The van der Waals surface area contributed by atoms with Gasteiger partial charge >= 0.3 is 0 Å². The number of nitrogens with zero attached hydrogens (tertiary/aromatic N) is 1. The molecule has 35 heavy (non-hydrogen) atoms. The number of unbranched alkanes of at least 4 members (excludes halogenated alkanes) is 2. The summed E-state index contributed by atoms with van der Waals surface area (Å²) in [6, 6.07) is 19.4. The Kier molecular flexibility index (Phi) is 6.58. The second kappa shape index (κ2) is 9.95. The van der Waals surface area contributed by atoms with Gasteiger partial charge in [0.2, 0.25) is 5.91 Å². The lowest BCUT2D eigenvalue weighted by atomic mass is 9.79. The number of carbonyl (C=O) groups is 2.